The monoisotopic (exact) mass is 1100 g/mol. The number of carbonyl (C=O) groups is 4. The van der Waals surface area contributed by atoms with E-state index in [0.29, 0.717) is 25.7 Å². The van der Waals surface area contributed by atoms with Gasteiger partial charge in [-0.3, -0.25) is 9.59 Å². The summed E-state index contributed by atoms with van der Waals surface area (Å²) in [6.07, 6.45) is 2.48. The molecule has 0 amide bonds. The second-order valence-electron chi connectivity index (χ2n) is 20.0. The molecule has 0 aromatic heterocycles. The van der Waals surface area contributed by atoms with E-state index in [9.17, 15) is 60.0 Å². The van der Waals surface area contributed by atoms with Crippen molar-refractivity contribution >= 4 is 23.9 Å². The highest BCUT2D eigenvalue weighted by atomic mass is 16.7. The lowest BCUT2D eigenvalue weighted by Crippen LogP contribution is -2.48. The quantitative estimate of drug-likeness (QED) is 0.0437. The molecule has 0 aromatic carbocycles. The summed E-state index contributed by atoms with van der Waals surface area (Å²) in [5, 5.41) is 111. The molecule has 24 heteroatoms. The first-order valence-electron chi connectivity index (χ1n) is 26.5. The van der Waals surface area contributed by atoms with Crippen molar-refractivity contribution in [1.82, 2.24) is 0 Å². The van der Waals surface area contributed by atoms with Crippen LogP contribution in [-0.4, -0.2) is 208 Å². The van der Waals surface area contributed by atoms with Crippen LogP contribution >= 0.6 is 0 Å². The topological polar surface area (TPSA) is 385 Å². The Kier molecular flexibility index (Phi) is 35.7. The SMILES string of the molecule is CC1O[C@@H](O[C@H](C)CC/C=C/C(=O)O)C(O)C[C@H]1O.CC1O[C@@H](O[C@H](C)CCC(=O)O)C(O)C[C@H]1O.CC1O[C@@H](O[C@H](C)CCCC/C=C/C(=O)O)C(O)C[C@H]1O.CC1O[C@@H](O[C@H](C)CCCCC(=O)O)C(O)C[C@H]1O. The molecule has 20 atom stereocenters. The van der Waals surface area contributed by atoms with E-state index in [1.165, 1.54) is 0 Å². The molecule has 0 bridgehead atoms. The molecule has 8 unspecified atom stereocenters. The minimum Gasteiger partial charge on any atom is -0.481 e. The fourth-order valence-corrected chi connectivity index (χ4v) is 7.88. The van der Waals surface area contributed by atoms with Gasteiger partial charge in [-0.1, -0.05) is 25.0 Å². The number of rotatable bonds is 26. The van der Waals surface area contributed by atoms with Crippen molar-refractivity contribution in [3.63, 3.8) is 0 Å². The lowest BCUT2D eigenvalue weighted by Gasteiger charge is -2.36. The first-order valence-corrected chi connectivity index (χ1v) is 26.5. The van der Waals surface area contributed by atoms with Crippen molar-refractivity contribution in [2.75, 3.05) is 0 Å². The maximum atomic E-state index is 10.4. The number of aliphatic hydroxyl groups is 8. The van der Waals surface area contributed by atoms with Crippen LogP contribution in [0.15, 0.2) is 24.3 Å². The molecule has 0 aliphatic carbocycles. The Hall–Kier alpha value is -3.28. The Bertz CT molecular complexity index is 1670. The second-order valence-corrected chi connectivity index (χ2v) is 20.0. The predicted molar refractivity (Wildman–Crippen MR) is 270 cm³/mol. The van der Waals surface area contributed by atoms with Crippen LogP contribution in [0.25, 0.3) is 0 Å². The standard InChI is InChI=1S/C15H26O6.C13H24O6.C13H22O6.C11H20O6/c1-10(7-5-3-4-6-8-14(18)19)20-15-13(17)9-12(16)11(2)21-15;2*1-8(5-3-4-6-12(16)17)18-13-11(15)7-10(14)9(2)19-13;1-6(3-4-10(14)15)16-11-9(13)5-8(12)7(2)17-11/h6,8,10-13,15-17H,3-5,7,9H2,1-2H3,(H,18,19);8-11,13-15H,3-7H2,1-2H3,(H,16,17);4,6,8-11,13-15H,3,5,7H2,1-2H3,(H,16,17);6-9,11-13H,3-5H2,1-2H3,(H,14,15)/b8-6+;;6-4+;/t10-,11?,12-,13?,15-;2*8-,9?,10-,11?,13-;6-,7?,8-,9?,11-/m1111/s1. The van der Waals surface area contributed by atoms with Crippen LogP contribution in [-0.2, 0) is 57.1 Å². The van der Waals surface area contributed by atoms with E-state index in [1.807, 2.05) is 20.8 Å². The summed E-state index contributed by atoms with van der Waals surface area (Å²) in [7, 11) is 0. The van der Waals surface area contributed by atoms with E-state index in [-0.39, 0.29) is 81.3 Å². The molecular weight excluding hydrogens is 1010 g/mol. The normalized spacial score (nSPS) is 33.3. The third-order valence-electron chi connectivity index (χ3n) is 12.7. The summed E-state index contributed by atoms with van der Waals surface area (Å²) in [6, 6.07) is 0. The predicted octanol–water partition coefficient (Wildman–Crippen LogP) is 3.12. The van der Waals surface area contributed by atoms with Crippen molar-refractivity contribution in [2.45, 2.75) is 281 Å². The van der Waals surface area contributed by atoms with Crippen molar-refractivity contribution < 1.29 is 118 Å². The summed E-state index contributed by atoms with van der Waals surface area (Å²) in [4.78, 5) is 41.3. The third kappa shape index (κ3) is 31.3. The summed E-state index contributed by atoms with van der Waals surface area (Å²) < 4.78 is 43.8. The van der Waals surface area contributed by atoms with E-state index in [2.05, 4.69) is 0 Å². The fourth-order valence-electron chi connectivity index (χ4n) is 7.88. The van der Waals surface area contributed by atoms with Crippen LogP contribution in [0, 0.1) is 0 Å². The molecule has 0 aromatic rings. The lowest BCUT2D eigenvalue weighted by atomic mass is 10.0. The van der Waals surface area contributed by atoms with E-state index < -0.39 is 104 Å². The molecule has 0 saturated carbocycles. The van der Waals surface area contributed by atoms with Crippen molar-refractivity contribution in [3.8, 4) is 0 Å². The Labute approximate surface area is 446 Å². The Morgan fingerprint density at radius 3 is 1.01 bits per heavy atom. The number of aliphatic carboxylic acids is 4. The maximum Gasteiger partial charge on any atom is 0.327 e. The van der Waals surface area contributed by atoms with Gasteiger partial charge in [0.15, 0.2) is 25.2 Å². The highest BCUT2D eigenvalue weighted by Crippen LogP contribution is 2.27. The van der Waals surface area contributed by atoms with Crippen LogP contribution in [0.2, 0.25) is 0 Å². The molecule has 0 spiro atoms. The van der Waals surface area contributed by atoms with E-state index in [0.717, 1.165) is 50.7 Å². The van der Waals surface area contributed by atoms with Gasteiger partial charge in [0.2, 0.25) is 0 Å². The van der Waals surface area contributed by atoms with Crippen LogP contribution in [0.3, 0.4) is 0 Å². The summed E-state index contributed by atoms with van der Waals surface area (Å²) in [5.41, 5.74) is 0. The summed E-state index contributed by atoms with van der Waals surface area (Å²) >= 11 is 0. The van der Waals surface area contributed by atoms with Gasteiger partial charge in [-0.2, -0.15) is 0 Å². The van der Waals surface area contributed by atoms with Crippen LogP contribution < -0.4 is 0 Å². The summed E-state index contributed by atoms with van der Waals surface area (Å²) in [6.45, 7) is 14.3. The van der Waals surface area contributed by atoms with Gasteiger partial charge in [0, 0.05) is 50.7 Å². The molecule has 444 valence electrons. The highest BCUT2D eigenvalue weighted by Gasteiger charge is 2.38. The minimum atomic E-state index is -0.970. The number of carboxylic acid groups (broad SMARTS) is 4. The van der Waals surface area contributed by atoms with Crippen molar-refractivity contribution in [2.24, 2.45) is 0 Å². The number of aliphatic hydroxyl groups excluding tert-OH is 8. The zero-order chi connectivity index (χ0) is 57.7. The summed E-state index contributed by atoms with van der Waals surface area (Å²) in [5.74, 6) is -3.56. The molecule has 4 aliphatic heterocycles. The Morgan fingerprint density at radius 2 is 0.697 bits per heavy atom. The van der Waals surface area contributed by atoms with Gasteiger partial charge >= 0.3 is 23.9 Å². The fraction of sp³-hybridized carbons (Fsp3) is 0.846. The molecule has 4 fully saturated rings. The number of hydrogen-bond acceptors (Lipinski definition) is 20. The number of ether oxygens (including phenoxy) is 8. The van der Waals surface area contributed by atoms with E-state index in [1.54, 1.807) is 46.8 Å². The average molecular weight is 1100 g/mol. The van der Waals surface area contributed by atoms with E-state index >= 15 is 0 Å². The average Bonchev–Trinajstić information content (AvgIpc) is 3.32. The number of hydrogen-bond donors (Lipinski definition) is 12. The zero-order valence-corrected chi connectivity index (χ0v) is 45.4. The van der Waals surface area contributed by atoms with Crippen LogP contribution in [0.1, 0.15) is 158 Å². The van der Waals surface area contributed by atoms with Gasteiger partial charge < -0.3 is 99.2 Å². The highest BCUT2D eigenvalue weighted by molar-refractivity contribution is 5.79. The van der Waals surface area contributed by atoms with Crippen LogP contribution in [0.4, 0.5) is 0 Å². The Morgan fingerprint density at radius 1 is 0.408 bits per heavy atom. The number of unbranched alkanes of at least 4 members (excludes halogenated alkanes) is 3. The van der Waals surface area contributed by atoms with Gasteiger partial charge in [0.05, 0.1) is 73.2 Å². The van der Waals surface area contributed by atoms with Crippen molar-refractivity contribution in [3.05, 3.63) is 24.3 Å². The molecular formula is C52H92O24. The smallest absolute Gasteiger partial charge is 0.327 e. The molecule has 4 saturated heterocycles. The lowest BCUT2D eigenvalue weighted by molar-refractivity contribution is -0.273. The van der Waals surface area contributed by atoms with E-state index in [4.69, 9.17) is 58.3 Å². The van der Waals surface area contributed by atoms with Crippen LogP contribution in [0.5, 0.6) is 0 Å². The largest absolute Gasteiger partial charge is 0.481 e. The molecule has 76 heavy (non-hydrogen) atoms. The van der Waals surface area contributed by atoms with Gasteiger partial charge in [-0.25, -0.2) is 9.59 Å². The van der Waals surface area contributed by atoms with Gasteiger partial charge in [-0.05, 0) is 107 Å². The molecule has 4 heterocycles. The van der Waals surface area contributed by atoms with Gasteiger partial charge in [0.25, 0.3) is 0 Å². The third-order valence-corrected chi connectivity index (χ3v) is 12.7. The van der Waals surface area contributed by atoms with Gasteiger partial charge in [0.1, 0.15) is 24.4 Å². The molecule has 24 nitrogen and oxygen atoms in total. The van der Waals surface area contributed by atoms with Crippen molar-refractivity contribution in [1.29, 1.82) is 0 Å². The Balaban J connectivity index is 0.000000508. The second kappa shape index (κ2) is 38.3. The number of allylic oxidation sites excluding steroid dienone is 2. The molecule has 0 radical (unpaired) electrons. The number of carboxylic acids is 4. The first-order chi connectivity index (χ1) is 35.6. The zero-order valence-electron chi connectivity index (χ0n) is 45.4. The maximum absolute atomic E-state index is 10.4. The molecule has 4 aliphatic rings. The molecule has 12 N–H and O–H groups in total. The first kappa shape index (κ1) is 70.7. The minimum absolute atomic E-state index is 0.0160. The van der Waals surface area contributed by atoms with Gasteiger partial charge in [-0.15, -0.1) is 0 Å². The molecule has 4 rings (SSSR count).